The van der Waals surface area contributed by atoms with Crippen LogP contribution < -0.4 is 4.74 Å². The largest absolute Gasteiger partial charge is 0.497 e. The second kappa shape index (κ2) is 13.7. The minimum atomic E-state index is -0.0971. The number of carbonyl (C=O) groups excluding carboxylic acids is 2. The average Bonchev–Trinajstić information content (AvgIpc) is 3.35. The van der Waals surface area contributed by atoms with Crippen molar-refractivity contribution in [3.8, 4) is 5.75 Å². The van der Waals surface area contributed by atoms with Gasteiger partial charge in [-0.25, -0.2) is 0 Å². The molecule has 3 aromatic rings. The molecule has 37 heavy (non-hydrogen) atoms. The van der Waals surface area contributed by atoms with Crippen LogP contribution in [-0.2, 0) is 17.9 Å². The topological polar surface area (TPSA) is 54.8 Å². The molecule has 0 fully saturated rings. The number of aromatic nitrogens is 1. The highest BCUT2D eigenvalue weighted by atomic mass is 16.5. The molecule has 198 valence electrons. The molecule has 0 spiro atoms. The van der Waals surface area contributed by atoms with E-state index < -0.39 is 0 Å². The third kappa shape index (κ3) is 7.97. The zero-order chi connectivity index (χ0) is 26.8. The standard InChI is InChI=1S/C31H41N3O3/c1-6-25(4)34(22-28-15-11-18-32(28)21-26-12-10-16-29(20-26)37-5)30(35)23-33(19-17-24(2)3)31(36)27-13-8-7-9-14-27/h7-16,18,20,24-25H,6,17,19,21-23H2,1-5H3. The lowest BCUT2D eigenvalue weighted by Crippen LogP contribution is -2.46. The Morgan fingerprint density at radius 3 is 2.41 bits per heavy atom. The molecular formula is C31H41N3O3. The van der Waals surface area contributed by atoms with E-state index in [0.717, 1.165) is 29.8 Å². The highest BCUT2D eigenvalue weighted by Crippen LogP contribution is 2.18. The summed E-state index contributed by atoms with van der Waals surface area (Å²) in [4.78, 5) is 30.7. The molecule has 1 aromatic heterocycles. The molecule has 2 aromatic carbocycles. The van der Waals surface area contributed by atoms with E-state index in [0.29, 0.717) is 31.1 Å². The fourth-order valence-corrected chi connectivity index (χ4v) is 4.28. The third-order valence-corrected chi connectivity index (χ3v) is 6.80. The van der Waals surface area contributed by atoms with Gasteiger partial charge in [-0.3, -0.25) is 9.59 Å². The Morgan fingerprint density at radius 1 is 0.973 bits per heavy atom. The molecule has 0 bridgehead atoms. The van der Waals surface area contributed by atoms with Crippen LogP contribution in [0, 0.1) is 5.92 Å². The first-order valence-corrected chi connectivity index (χ1v) is 13.2. The molecule has 0 radical (unpaired) electrons. The van der Waals surface area contributed by atoms with Crippen LogP contribution in [0.15, 0.2) is 72.9 Å². The van der Waals surface area contributed by atoms with E-state index in [-0.39, 0.29) is 24.4 Å². The van der Waals surface area contributed by atoms with Gasteiger partial charge in [-0.15, -0.1) is 0 Å². The van der Waals surface area contributed by atoms with Crippen molar-refractivity contribution in [2.24, 2.45) is 5.92 Å². The number of nitrogens with zero attached hydrogens (tertiary/aromatic N) is 3. The number of amides is 2. The Labute approximate surface area is 221 Å². The Hall–Kier alpha value is -3.54. The SMILES string of the molecule is CCC(C)N(Cc1cccn1Cc1cccc(OC)c1)C(=O)CN(CCC(C)C)C(=O)c1ccccc1. The van der Waals surface area contributed by atoms with Gasteiger partial charge in [-0.1, -0.05) is 51.1 Å². The van der Waals surface area contributed by atoms with Crippen molar-refractivity contribution in [2.75, 3.05) is 20.2 Å². The van der Waals surface area contributed by atoms with Gasteiger partial charge in [0.15, 0.2) is 0 Å². The van der Waals surface area contributed by atoms with Crippen molar-refractivity contribution in [1.82, 2.24) is 14.4 Å². The van der Waals surface area contributed by atoms with Crippen molar-refractivity contribution in [3.63, 3.8) is 0 Å². The maximum atomic E-state index is 13.7. The number of rotatable bonds is 13. The van der Waals surface area contributed by atoms with E-state index in [1.807, 2.05) is 65.7 Å². The lowest BCUT2D eigenvalue weighted by atomic mass is 10.1. The average molecular weight is 504 g/mol. The molecule has 6 heteroatoms. The van der Waals surface area contributed by atoms with Gasteiger partial charge in [0.25, 0.3) is 5.91 Å². The van der Waals surface area contributed by atoms with Gasteiger partial charge < -0.3 is 19.1 Å². The molecule has 2 amide bonds. The van der Waals surface area contributed by atoms with Crippen LogP contribution in [0.1, 0.15) is 62.2 Å². The van der Waals surface area contributed by atoms with Gasteiger partial charge in [0.2, 0.25) is 5.91 Å². The van der Waals surface area contributed by atoms with Crippen LogP contribution in [0.4, 0.5) is 0 Å². The Morgan fingerprint density at radius 2 is 1.73 bits per heavy atom. The minimum absolute atomic E-state index is 0.0310. The quantitative estimate of drug-likeness (QED) is 0.294. The summed E-state index contributed by atoms with van der Waals surface area (Å²) in [6.07, 6.45) is 3.72. The normalized spacial score (nSPS) is 11.8. The number of benzene rings is 2. The van der Waals surface area contributed by atoms with E-state index in [1.165, 1.54) is 0 Å². The molecule has 0 N–H and O–H groups in total. The Balaban J connectivity index is 1.79. The molecule has 1 unspecified atom stereocenters. The fraction of sp³-hybridized carbons (Fsp3) is 0.419. The summed E-state index contributed by atoms with van der Waals surface area (Å²) in [6, 6.07) is 21.4. The summed E-state index contributed by atoms with van der Waals surface area (Å²) in [5.41, 5.74) is 2.80. The smallest absolute Gasteiger partial charge is 0.254 e. The predicted molar refractivity (Wildman–Crippen MR) is 149 cm³/mol. The van der Waals surface area contributed by atoms with Crippen LogP contribution >= 0.6 is 0 Å². The van der Waals surface area contributed by atoms with Crippen LogP contribution in [0.3, 0.4) is 0 Å². The molecule has 0 aliphatic heterocycles. The van der Waals surface area contributed by atoms with Crippen LogP contribution in [0.2, 0.25) is 0 Å². The monoisotopic (exact) mass is 503 g/mol. The van der Waals surface area contributed by atoms with Gasteiger partial charge in [-0.05, 0) is 67.6 Å². The zero-order valence-corrected chi connectivity index (χ0v) is 22.9. The van der Waals surface area contributed by atoms with Crippen LogP contribution in [-0.4, -0.2) is 52.4 Å². The first-order valence-electron chi connectivity index (χ1n) is 13.2. The second-order valence-electron chi connectivity index (χ2n) is 10.0. The second-order valence-corrected chi connectivity index (χ2v) is 10.0. The maximum Gasteiger partial charge on any atom is 0.254 e. The van der Waals surface area contributed by atoms with Gasteiger partial charge in [0.05, 0.1) is 13.7 Å². The molecule has 6 nitrogen and oxygen atoms in total. The first-order chi connectivity index (χ1) is 17.8. The molecule has 1 heterocycles. The summed E-state index contributed by atoms with van der Waals surface area (Å²) in [5, 5.41) is 0. The first kappa shape index (κ1) is 28.0. The summed E-state index contributed by atoms with van der Waals surface area (Å²) < 4.78 is 7.54. The Bertz CT molecular complexity index is 1140. The molecule has 1 atom stereocenters. The zero-order valence-electron chi connectivity index (χ0n) is 22.9. The summed E-state index contributed by atoms with van der Waals surface area (Å²) in [5.74, 6) is 1.13. The summed E-state index contributed by atoms with van der Waals surface area (Å²) >= 11 is 0. The number of hydrogen-bond donors (Lipinski definition) is 0. The number of ether oxygens (including phenoxy) is 1. The predicted octanol–water partition coefficient (Wildman–Crippen LogP) is 5.86. The molecule has 0 aliphatic carbocycles. The van der Waals surface area contributed by atoms with E-state index in [1.54, 1.807) is 12.0 Å². The summed E-state index contributed by atoms with van der Waals surface area (Å²) in [6.45, 7) is 10.2. The Kier molecular flexibility index (Phi) is 10.4. The number of methoxy groups -OCH3 is 1. The van der Waals surface area contributed by atoms with Crippen LogP contribution in [0.5, 0.6) is 5.75 Å². The highest BCUT2D eigenvalue weighted by molar-refractivity contribution is 5.96. The lowest BCUT2D eigenvalue weighted by molar-refractivity contribution is -0.134. The molecule has 0 saturated carbocycles. The number of hydrogen-bond acceptors (Lipinski definition) is 3. The fourth-order valence-electron chi connectivity index (χ4n) is 4.28. The van der Waals surface area contributed by atoms with Crippen LogP contribution in [0.25, 0.3) is 0 Å². The van der Waals surface area contributed by atoms with Crippen molar-refractivity contribution < 1.29 is 14.3 Å². The molecule has 0 aliphatic rings. The van der Waals surface area contributed by atoms with Gasteiger partial charge >= 0.3 is 0 Å². The van der Waals surface area contributed by atoms with E-state index in [9.17, 15) is 9.59 Å². The van der Waals surface area contributed by atoms with Crippen molar-refractivity contribution in [1.29, 1.82) is 0 Å². The van der Waals surface area contributed by atoms with E-state index in [2.05, 4.69) is 44.4 Å². The highest BCUT2D eigenvalue weighted by Gasteiger charge is 2.25. The minimum Gasteiger partial charge on any atom is -0.497 e. The number of carbonyl (C=O) groups is 2. The lowest BCUT2D eigenvalue weighted by Gasteiger charge is -2.32. The van der Waals surface area contributed by atoms with Crippen molar-refractivity contribution in [2.45, 2.75) is 59.7 Å². The third-order valence-electron chi connectivity index (χ3n) is 6.80. The van der Waals surface area contributed by atoms with E-state index >= 15 is 0 Å². The van der Waals surface area contributed by atoms with E-state index in [4.69, 9.17) is 4.74 Å². The van der Waals surface area contributed by atoms with Gasteiger partial charge in [0.1, 0.15) is 12.3 Å². The van der Waals surface area contributed by atoms with Crippen molar-refractivity contribution in [3.05, 3.63) is 89.7 Å². The molecule has 0 saturated heterocycles. The van der Waals surface area contributed by atoms with Gasteiger partial charge in [-0.2, -0.15) is 0 Å². The molecule has 3 rings (SSSR count). The summed E-state index contributed by atoms with van der Waals surface area (Å²) in [7, 11) is 1.67. The maximum absolute atomic E-state index is 13.7. The van der Waals surface area contributed by atoms with Gasteiger partial charge in [0, 0.05) is 36.6 Å². The molecular weight excluding hydrogens is 462 g/mol. The van der Waals surface area contributed by atoms with Crippen molar-refractivity contribution >= 4 is 11.8 Å².